The minimum absolute atomic E-state index is 0.0925. The molecule has 0 saturated carbocycles. The highest BCUT2D eigenvalue weighted by molar-refractivity contribution is 6.18. The Morgan fingerprint density at radius 2 is 1.69 bits per heavy atom. The molecule has 2 aliphatic heterocycles. The molecule has 1 aromatic rings. The largest absolute Gasteiger partial charge is 0.494 e. The van der Waals surface area contributed by atoms with E-state index in [0.717, 1.165) is 24.2 Å². The second-order valence-electron chi connectivity index (χ2n) is 10.8. The standard InChI is InChI=1S/C29H34N2O8/c1-29(2,3)39-28(36)18-7-9-19(10-8-18)37-15-5-4-6-16-38-20-11-12-21-22(17-20)27(35)31(26(21)34)23-13-14-24(32)30-25(23)33/h7-11,17,21,23H,4-6,12-16H2,1-3H3,(H,30,32,33). The number of rotatable bonds is 10. The van der Waals surface area contributed by atoms with Crippen LogP contribution in [0, 0.1) is 5.92 Å². The Hall–Kier alpha value is -3.95. The predicted octanol–water partition coefficient (Wildman–Crippen LogP) is 3.21. The van der Waals surface area contributed by atoms with Gasteiger partial charge in [-0.2, -0.15) is 0 Å². The number of ether oxygens (including phenoxy) is 3. The van der Waals surface area contributed by atoms with Gasteiger partial charge in [-0.25, -0.2) is 4.79 Å². The number of likely N-dealkylation sites (tertiary alicyclic amines) is 1. The number of amides is 4. The third-order valence-corrected chi connectivity index (χ3v) is 6.57. The molecular formula is C29H34N2O8. The number of nitrogens with one attached hydrogen (secondary N) is 1. The molecule has 10 nitrogen and oxygen atoms in total. The monoisotopic (exact) mass is 538 g/mol. The highest BCUT2D eigenvalue weighted by Gasteiger charge is 2.49. The summed E-state index contributed by atoms with van der Waals surface area (Å²) in [4.78, 5) is 62.5. The zero-order chi connectivity index (χ0) is 28.2. The molecule has 1 aliphatic carbocycles. The van der Waals surface area contributed by atoms with Gasteiger partial charge in [0.25, 0.3) is 5.91 Å². The summed E-state index contributed by atoms with van der Waals surface area (Å²) in [5, 5.41) is 2.20. The van der Waals surface area contributed by atoms with E-state index in [0.29, 0.717) is 42.3 Å². The van der Waals surface area contributed by atoms with Crippen LogP contribution < -0.4 is 10.1 Å². The fraction of sp³-hybridized carbons (Fsp3) is 0.483. The molecule has 0 spiro atoms. The lowest BCUT2D eigenvalue weighted by molar-refractivity contribution is -0.150. The maximum absolute atomic E-state index is 12.9. The third kappa shape index (κ3) is 6.93. The van der Waals surface area contributed by atoms with Crippen LogP contribution in [0.4, 0.5) is 0 Å². The Labute approximate surface area is 227 Å². The highest BCUT2D eigenvalue weighted by atomic mass is 16.6. The summed E-state index contributed by atoms with van der Waals surface area (Å²) in [6.45, 7) is 6.44. The van der Waals surface area contributed by atoms with E-state index in [1.807, 2.05) is 20.8 Å². The van der Waals surface area contributed by atoms with Crippen molar-refractivity contribution in [1.82, 2.24) is 10.2 Å². The number of piperidine rings is 1. The van der Waals surface area contributed by atoms with E-state index in [-0.39, 0.29) is 18.8 Å². The first-order valence-corrected chi connectivity index (χ1v) is 13.3. The summed E-state index contributed by atoms with van der Waals surface area (Å²) in [6, 6.07) is 5.90. The summed E-state index contributed by atoms with van der Waals surface area (Å²) in [6.07, 6.45) is 6.39. The normalized spacial score (nSPS) is 21.2. The Kier molecular flexibility index (Phi) is 8.52. The molecule has 2 heterocycles. The predicted molar refractivity (Wildman–Crippen MR) is 139 cm³/mol. The van der Waals surface area contributed by atoms with Crippen LogP contribution in [-0.2, 0) is 28.7 Å². The first-order valence-electron chi connectivity index (χ1n) is 13.3. The van der Waals surface area contributed by atoms with Gasteiger partial charge in [0.05, 0.1) is 24.7 Å². The second-order valence-corrected chi connectivity index (χ2v) is 10.8. The van der Waals surface area contributed by atoms with E-state index in [2.05, 4.69) is 5.32 Å². The van der Waals surface area contributed by atoms with Crippen molar-refractivity contribution in [2.75, 3.05) is 13.2 Å². The van der Waals surface area contributed by atoms with Crippen LogP contribution in [0.2, 0.25) is 0 Å². The summed E-state index contributed by atoms with van der Waals surface area (Å²) < 4.78 is 16.9. The number of imide groups is 2. The van der Waals surface area contributed by atoms with Crippen LogP contribution in [0.25, 0.3) is 0 Å². The van der Waals surface area contributed by atoms with Crippen molar-refractivity contribution in [2.24, 2.45) is 5.92 Å². The maximum atomic E-state index is 12.9. The minimum atomic E-state index is -0.955. The van der Waals surface area contributed by atoms with E-state index >= 15 is 0 Å². The van der Waals surface area contributed by atoms with Gasteiger partial charge in [0.15, 0.2) is 0 Å². The van der Waals surface area contributed by atoms with E-state index in [1.165, 1.54) is 0 Å². The molecular weight excluding hydrogens is 504 g/mol. The SMILES string of the molecule is CC(C)(C)OC(=O)c1ccc(OCCCCCOC2=CCC3C(=O)N(C4CCC(=O)NC4=O)C(=O)C3=C2)cc1. The number of hydrogen-bond acceptors (Lipinski definition) is 8. The van der Waals surface area contributed by atoms with E-state index in [1.54, 1.807) is 36.4 Å². The van der Waals surface area contributed by atoms with Crippen molar-refractivity contribution in [3.8, 4) is 5.75 Å². The summed E-state index contributed by atoms with van der Waals surface area (Å²) >= 11 is 0. The van der Waals surface area contributed by atoms with E-state index in [4.69, 9.17) is 14.2 Å². The Morgan fingerprint density at radius 1 is 1.00 bits per heavy atom. The van der Waals surface area contributed by atoms with Gasteiger partial charge in [-0.05, 0) is 89.3 Å². The molecule has 0 bridgehead atoms. The lowest BCUT2D eigenvalue weighted by atomic mass is 9.93. The average molecular weight is 539 g/mol. The molecule has 1 aromatic carbocycles. The van der Waals surface area contributed by atoms with Crippen LogP contribution >= 0.6 is 0 Å². The van der Waals surface area contributed by atoms with Crippen molar-refractivity contribution < 1.29 is 38.2 Å². The van der Waals surface area contributed by atoms with Gasteiger partial charge in [-0.3, -0.25) is 29.4 Å². The fourth-order valence-corrected chi connectivity index (χ4v) is 4.63. The summed E-state index contributed by atoms with van der Waals surface area (Å²) in [7, 11) is 0. The van der Waals surface area contributed by atoms with Crippen molar-refractivity contribution in [2.45, 2.75) is 70.9 Å². The molecule has 2 unspecified atom stereocenters. The smallest absolute Gasteiger partial charge is 0.338 e. The lowest BCUT2D eigenvalue weighted by Gasteiger charge is -2.27. The first kappa shape index (κ1) is 28.1. The van der Waals surface area contributed by atoms with Crippen molar-refractivity contribution in [3.05, 3.63) is 53.3 Å². The number of allylic oxidation sites excluding steroid dienone is 2. The van der Waals surface area contributed by atoms with E-state index in [9.17, 15) is 24.0 Å². The molecule has 0 aromatic heterocycles. The highest BCUT2D eigenvalue weighted by Crippen LogP contribution is 2.36. The molecule has 2 saturated heterocycles. The van der Waals surface area contributed by atoms with Crippen LogP contribution in [0.5, 0.6) is 5.75 Å². The van der Waals surface area contributed by atoms with Crippen molar-refractivity contribution in [1.29, 1.82) is 0 Å². The fourth-order valence-electron chi connectivity index (χ4n) is 4.63. The van der Waals surface area contributed by atoms with Crippen LogP contribution in [0.15, 0.2) is 47.7 Å². The molecule has 4 rings (SSSR count). The Morgan fingerprint density at radius 3 is 2.36 bits per heavy atom. The first-order chi connectivity index (χ1) is 18.5. The number of esters is 1. The molecule has 39 heavy (non-hydrogen) atoms. The van der Waals surface area contributed by atoms with Crippen LogP contribution in [0.1, 0.15) is 69.7 Å². The van der Waals surface area contributed by atoms with Gasteiger partial charge in [-0.15, -0.1) is 0 Å². The molecule has 3 aliphatic rings. The molecule has 4 amide bonds. The molecule has 1 N–H and O–H groups in total. The van der Waals surface area contributed by atoms with Crippen LogP contribution in [0.3, 0.4) is 0 Å². The molecule has 208 valence electrons. The maximum Gasteiger partial charge on any atom is 0.338 e. The molecule has 0 radical (unpaired) electrons. The van der Waals surface area contributed by atoms with E-state index < -0.39 is 41.2 Å². The lowest BCUT2D eigenvalue weighted by Crippen LogP contribution is -2.54. The minimum Gasteiger partial charge on any atom is -0.494 e. The molecule has 10 heteroatoms. The second kappa shape index (κ2) is 11.8. The van der Waals surface area contributed by atoms with Gasteiger partial charge in [0.2, 0.25) is 17.7 Å². The third-order valence-electron chi connectivity index (χ3n) is 6.57. The number of unbranched alkanes of at least 4 members (excludes halogenated alkanes) is 2. The topological polar surface area (TPSA) is 128 Å². The van der Waals surface area contributed by atoms with Gasteiger partial charge < -0.3 is 14.2 Å². The Bertz CT molecular complexity index is 1210. The van der Waals surface area contributed by atoms with Gasteiger partial charge in [-0.1, -0.05) is 0 Å². The van der Waals surface area contributed by atoms with Gasteiger partial charge >= 0.3 is 5.97 Å². The zero-order valence-corrected chi connectivity index (χ0v) is 22.5. The van der Waals surface area contributed by atoms with Gasteiger partial charge in [0, 0.05) is 12.0 Å². The average Bonchev–Trinajstić information content (AvgIpc) is 3.12. The number of hydrogen-bond donors (Lipinski definition) is 1. The quantitative estimate of drug-likeness (QED) is 0.273. The van der Waals surface area contributed by atoms with Gasteiger partial charge in [0.1, 0.15) is 23.2 Å². The number of carbonyl (C=O) groups is 5. The van der Waals surface area contributed by atoms with Crippen LogP contribution in [-0.4, -0.2) is 59.4 Å². The molecule has 2 fully saturated rings. The van der Waals surface area contributed by atoms with Crippen molar-refractivity contribution >= 4 is 29.6 Å². The summed E-state index contributed by atoms with van der Waals surface area (Å²) in [5.74, 6) is -1.69. The zero-order valence-electron chi connectivity index (χ0n) is 22.5. The number of fused-ring (bicyclic) bond motifs is 1. The Balaban J connectivity index is 1.16. The summed E-state index contributed by atoms with van der Waals surface area (Å²) in [5.41, 5.74) is 0.252. The van der Waals surface area contributed by atoms with Crippen molar-refractivity contribution in [3.63, 3.8) is 0 Å². The molecule has 2 atom stereocenters. The number of carbonyl (C=O) groups excluding carboxylic acids is 5. The number of benzene rings is 1. The number of nitrogens with zero attached hydrogens (tertiary/aromatic N) is 1.